The summed E-state index contributed by atoms with van der Waals surface area (Å²) in [4.78, 5) is 10.5. The molecule has 0 unspecified atom stereocenters. The Morgan fingerprint density at radius 3 is 2.38 bits per heavy atom. The van der Waals surface area contributed by atoms with Crippen molar-refractivity contribution in [2.75, 3.05) is 5.73 Å². The van der Waals surface area contributed by atoms with Crippen molar-refractivity contribution in [1.29, 1.82) is 0 Å². The van der Waals surface area contributed by atoms with Crippen molar-refractivity contribution in [1.82, 2.24) is 9.78 Å². The average Bonchev–Trinajstić information content (AvgIpc) is 2.74. The van der Waals surface area contributed by atoms with Crippen LogP contribution in [0.25, 0.3) is 5.69 Å². The number of rotatable bonds is 2. The number of hydrogen-bond acceptors (Lipinski definition) is 3. The third-order valence-corrected chi connectivity index (χ3v) is 1.96. The van der Waals surface area contributed by atoms with E-state index in [2.05, 4.69) is 5.10 Å². The second kappa shape index (κ2) is 5.70. The van der Waals surface area contributed by atoms with Crippen LogP contribution in [0.3, 0.4) is 0 Å². The molecular formula is C12H15N3O. The number of nitrogens with two attached hydrogens (primary N) is 1. The zero-order chi connectivity index (χ0) is 12.0. The second-order valence-electron chi connectivity index (χ2n) is 2.85. The molecule has 0 aliphatic heterocycles. The highest BCUT2D eigenvalue weighted by molar-refractivity contribution is 5.81. The fourth-order valence-electron chi connectivity index (χ4n) is 1.24. The lowest BCUT2D eigenvalue weighted by Crippen LogP contribution is -2.02. The van der Waals surface area contributed by atoms with Crippen LogP contribution in [0.2, 0.25) is 0 Å². The first kappa shape index (κ1) is 12.0. The summed E-state index contributed by atoms with van der Waals surface area (Å²) in [6, 6.07) is 9.42. The Balaban J connectivity index is 0.000000606. The van der Waals surface area contributed by atoms with Gasteiger partial charge in [0.05, 0.1) is 17.4 Å². The van der Waals surface area contributed by atoms with Crippen LogP contribution in [-0.2, 0) is 0 Å². The Kier molecular flexibility index (Phi) is 4.27. The molecule has 1 aromatic heterocycles. The SMILES string of the molecule is CC.Nc1c(C=O)cnn1-c1ccccc1. The number of anilines is 1. The molecule has 2 N–H and O–H groups in total. The Bertz CT molecular complexity index is 449. The minimum atomic E-state index is 0.367. The summed E-state index contributed by atoms with van der Waals surface area (Å²) >= 11 is 0. The monoisotopic (exact) mass is 217 g/mol. The number of nitrogens with zero attached hydrogens (tertiary/aromatic N) is 2. The molecule has 0 saturated carbocycles. The van der Waals surface area contributed by atoms with Gasteiger partial charge in [0.15, 0.2) is 6.29 Å². The van der Waals surface area contributed by atoms with Gasteiger partial charge in [0.1, 0.15) is 5.82 Å². The third kappa shape index (κ3) is 2.28. The molecule has 2 rings (SSSR count). The first-order valence-corrected chi connectivity index (χ1v) is 5.17. The molecule has 84 valence electrons. The van der Waals surface area contributed by atoms with Crippen molar-refractivity contribution < 1.29 is 4.79 Å². The molecule has 0 bridgehead atoms. The average molecular weight is 217 g/mol. The number of benzene rings is 1. The van der Waals surface area contributed by atoms with Crippen molar-refractivity contribution in [3.63, 3.8) is 0 Å². The van der Waals surface area contributed by atoms with Gasteiger partial charge in [0.25, 0.3) is 0 Å². The summed E-state index contributed by atoms with van der Waals surface area (Å²) in [5.41, 5.74) is 6.97. The maximum absolute atomic E-state index is 10.5. The van der Waals surface area contributed by atoms with E-state index in [1.54, 1.807) is 0 Å². The fourth-order valence-corrected chi connectivity index (χ4v) is 1.24. The molecule has 0 fully saturated rings. The zero-order valence-corrected chi connectivity index (χ0v) is 9.42. The Morgan fingerprint density at radius 1 is 1.25 bits per heavy atom. The topological polar surface area (TPSA) is 60.9 Å². The predicted octanol–water partition coefficient (Wildman–Crippen LogP) is 2.29. The molecule has 16 heavy (non-hydrogen) atoms. The summed E-state index contributed by atoms with van der Waals surface area (Å²) in [7, 11) is 0. The maximum atomic E-state index is 10.5. The highest BCUT2D eigenvalue weighted by atomic mass is 16.1. The highest BCUT2D eigenvalue weighted by Crippen LogP contribution is 2.14. The Morgan fingerprint density at radius 2 is 1.88 bits per heavy atom. The van der Waals surface area contributed by atoms with E-state index in [1.807, 2.05) is 44.2 Å². The van der Waals surface area contributed by atoms with E-state index in [9.17, 15) is 4.79 Å². The van der Waals surface area contributed by atoms with E-state index in [4.69, 9.17) is 5.73 Å². The summed E-state index contributed by atoms with van der Waals surface area (Å²) in [6.07, 6.45) is 2.15. The van der Waals surface area contributed by atoms with Crippen LogP contribution in [0, 0.1) is 0 Å². The van der Waals surface area contributed by atoms with Crippen molar-refractivity contribution in [3.8, 4) is 5.69 Å². The number of para-hydroxylation sites is 1. The van der Waals surface area contributed by atoms with Crippen LogP contribution in [0.5, 0.6) is 0 Å². The van der Waals surface area contributed by atoms with Crippen LogP contribution in [0.15, 0.2) is 36.5 Å². The molecule has 1 aromatic carbocycles. The summed E-state index contributed by atoms with van der Waals surface area (Å²) in [6.45, 7) is 4.00. The summed E-state index contributed by atoms with van der Waals surface area (Å²) in [5, 5.41) is 4.02. The van der Waals surface area contributed by atoms with E-state index in [0.717, 1.165) is 5.69 Å². The first-order chi connectivity index (χ1) is 7.83. The van der Waals surface area contributed by atoms with E-state index >= 15 is 0 Å². The molecule has 0 aliphatic rings. The molecular weight excluding hydrogens is 202 g/mol. The van der Waals surface area contributed by atoms with Crippen LogP contribution < -0.4 is 5.73 Å². The van der Waals surface area contributed by atoms with Gasteiger partial charge in [0.2, 0.25) is 0 Å². The van der Waals surface area contributed by atoms with Crippen molar-refractivity contribution in [2.45, 2.75) is 13.8 Å². The van der Waals surface area contributed by atoms with E-state index < -0.39 is 0 Å². The molecule has 0 saturated heterocycles. The first-order valence-electron chi connectivity index (χ1n) is 5.17. The van der Waals surface area contributed by atoms with Crippen LogP contribution in [-0.4, -0.2) is 16.1 Å². The molecule has 0 spiro atoms. The predicted molar refractivity (Wildman–Crippen MR) is 64.7 cm³/mol. The van der Waals surface area contributed by atoms with Gasteiger partial charge in [-0.05, 0) is 12.1 Å². The number of hydrogen-bond donors (Lipinski definition) is 1. The van der Waals surface area contributed by atoms with Crippen LogP contribution in [0.4, 0.5) is 5.82 Å². The van der Waals surface area contributed by atoms with Gasteiger partial charge in [-0.2, -0.15) is 5.10 Å². The van der Waals surface area contributed by atoms with Gasteiger partial charge in [-0.25, -0.2) is 4.68 Å². The lowest BCUT2D eigenvalue weighted by Gasteiger charge is -2.02. The summed E-state index contributed by atoms with van der Waals surface area (Å²) < 4.78 is 1.53. The number of aldehydes is 1. The van der Waals surface area contributed by atoms with Crippen molar-refractivity contribution in [3.05, 3.63) is 42.1 Å². The van der Waals surface area contributed by atoms with Crippen LogP contribution >= 0.6 is 0 Å². The Hall–Kier alpha value is -2.10. The molecule has 0 radical (unpaired) electrons. The smallest absolute Gasteiger partial charge is 0.155 e. The van der Waals surface area contributed by atoms with E-state index in [0.29, 0.717) is 17.7 Å². The van der Waals surface area contributed by atoms with Gasteiger partial charge in [-0.15, -0.1) is 0 Å². The highest BCUT2D eigenvalue weighted by Gasteiger charge is 2.06. The molecule has 0 aliphatic carbocycles. The molecule has 2 aromatic rings. The van der Waals surface area contributed by atoms with E-state index in [-0.39, 0.29) is 0 Å². The molecule has 0 amide bonds. The zero-order valence-electron chi connectivity index (χ0n) is 9.42. The largest absolute Gasteiger partial charge is 0.383 e. The lowest BCUT2D eigenvalue weighted by atomic mass is 10.3. The Labute approximate surface area is 94.7 Å². The van der Waals surface area contributed by atoms with Gasteiger partial charge >= 0.3 is 0 Å². The number of carbonyl (C=O) groups is 1. The fraction of sp³-hybridized carbons (Fsp3) is 0.167. The standard InChI is InChI=1S/C10H9N3O.C2H6/c11-10-8(7-14)6-12-13(10)9-4-2-1-3-5-9;1-2/h1-7H,11H2;1-2H3. The third-order valence-electron chi connectivity index (χ3n) is 1.96. The minimum absolute atomic E-state index is 0.367. The molecule has 4 nitrogen and oxygen atoms in total. The quantitative estimate of drug-likeness (QED) is 0.785. The number of carbonyl (C=O) groups excluding carboxylic acids is 1. The van der Waals surface area contributed by atoms with Crippen molar-refractivity contribution in [2.24, 2.45) is 0 Å². The number of nitrogen functional groups attached to an aromatic ring is 1. The van der Waals surface area contributed by atoms with Gasteiger partial charge in [-0.3, -0.25) is 4.79 Å². The maximum Gasteiger partial charge on any atom is 0.155 e. The van der Waals surface area contributed by atoms with E-state index in [1.165, 1.54) is 10.9 Å². The lowest BCUT2D eigenvalue weighted by molar-refractivity contribution is 0.112. The van der Waals surface area contributed by atoms with Crippen molar-refractivity contribution >= 4 is 12.1 Å². The van der Waals surface area contributed by atoms with Crippen LogP contribution in [0.1, 0.15) is 24.2 Å². The molecule has 4 heteroatoms. The summed E-state index contributed by atoms with van der Waals surface area (Å²) in [5.74, 6) is 0.367. The minimum Gasteiger partial charge on any atom is -0.383 e. The second-order valence-corrected chi connectivity index (χ2v) is 2.85. The number of aromatic nitrogens is 2. The van der Waals surface area contributed by atoms with Gasteiger partial charge in [-0.1, -0.05) is 32.0 Å². The normalized spacial score (nSPS) is 9.12. The van der Waals surface area contributed by atoms with Gasteiger partial charge in [0, 0.05) is 0 Å². The molecule has 1 heterocycles. The van der Waals surface area contributed by atoms with Gasteiger partial charge < -0.3 is 5.73 Å². The molecule has 0 atom stereocenters.